The van der Waals surface area contributed by atoms with E-state index in [2.05, 4.69) is 10.6 Å². The summed E-state index contributed by atoms with van der Waals surface area (Å²) in [4.78, 5) is 23.8. The molecular weight excluding hydrogens is 351 g/mol. The summed E-state index contributed by atoms with van der Waals surface area (Å²) in [5.74, 6) is -1.10. The third-order valence-corrected chi connectivity index (χ3v) is 3.72. The minimum absolute atomic E-state index is 0.334. The lowest BCUT2D eigenvalue weighted by Gasteiger charge is -2.10. The first-order valence-corrected chi connectivity index (χ1v) is 7.92. The molecule has 7 heteroatoms. The van der Waals surface area contributed by atoms with Crippen molar-refractivity contribution in [1.82, 2.24) is 5.32 Å². The van der Waals surface area contributed by atoms with E-state index < -0.39 is 11.8 Å². The molecule has 0 aliphatic carbocycles. The number of benzene rings is 2. The first-order valence-electron chi connectivity index (χ1n) is 7.17. The van der Waals surface area contributed by atoms with Crippen molar-refractivity contribution in [3.63, 3.8) is 0 Å². The van der Waals surface area contributed by atoms with Crippen LogP contribution in [0.2, 0.25) is 10.0 Å². The normalized spacial score (nSPS) is 10.1. The fourth-order valence-electron chi connectivity index (χ4n) is 2.01. The Kier molecular flexibility index (Phi) is 6.46. The van der Waals surface area contributed by atoms with Gasteiger partial charge in [0.1, 0.15) is 5.75 Å². The molecule has 2 rings (SSSR count). The van der Waals surface area contributed by atoms with Crippen LogP contribution in [-0.4, -0.2) is 25.5 Å². The van der Waals surface area contributed by atoms with Crippen LogP contribution in [0.4, 0.5) is 5.69 Å². The van der Waals surface area contributed by atoms with Gasteiger partial charge in [-0.25, -0.2) is 0 Å². The first-order chi connectivity index (χ1) is 11.5. The highest BCUT2D eigenvalue weighted by atomic mass is 35.5. The molecule has 0 saturated heterocycles. The van der Waals surface area contributed by atoms with Gasteiger partial charge in [-0.05, 0) is 42.3 Å². The number of amides is 2. The van der Waals surface area contributed by atoms with Crippen molar-refractivity contribution in [1.29, 1.82) is 0 Å². The van der Waals surface area contributed by atoms with Crippen LogP contribution in [0, 0.1) is 0 Å². The number of carbonyl (C=O) groups excluding carboxylic acids is 2. The van der Waals surface area contributed by atoms with Crippen LogP contribution in [0.5, 0.6) is 5.75 Å². The smallest absolute Gasteiger partial charge is 0.313 e. The summed E-state index contributed by atoms with van der Waals surface area (Å²) in [5.41, 5.74) is 1.35. The highest BCUT2D eigenvalue weighted by Crippen LogP contribution is 2.27. The SMILES string of the molecule is COc1ccc(Cl)cc1NC(=O)C(=O)NCCc1ccc(Cl)cc1. The monoisotopic (exact) mass is 366 g/mol. The summed E-state index contributed by atoms with van der Waals surface area (Å²) in [6.07, 6.45) is 0.594. The summed E-state index contributed by atoms with van der Waals surface area (Å²) in [7, 11) is 1.46. The summed E-state index contributed by atoms with van der Waals surface area (Å²) in [6.45, 7) is 0.334. The number of methoxy groups -OCH3 is 1. The zero-order chi connectivity index (χ0) is 17.5. The average molecular weight is 367 g/mol. The Morgan fingerprint density at radius 3 is 2.33 bits per heavy atom. The second kappa shape index (κ2) is 8.57. The topological polar surface area (TPSA) is 67.4 Å². The molecular formula is C17H16Cl2N2O3. The molecule has 0 heterocycles. The molecule has 0 atom stereocenters. The van der Waals surface area contributed by atoms with E-state index >= 15 is 0 Å². The van der Waals surface area contributed by atoms with Crippen LogP contribution >= 0.6 is 23.2 Å². The molecule has 24 heavy (non-hydrogen) atoms. The summed E-state index contributed by atoms with van der Waals surface area (Å²) >= 11 is 11.7. The van der Waals surface area contributed by atoms with Gasteiger partial charge in [0, 0.05) is 16.6 Å². The van der Waals surface area contributed by atoms with Gasteiger partial charge in [0.15, 0.2) is 0 Å². The van der Waals surface area contributed by atoms with E-state index in [1.165, 1.54) is 13.2 Å². The maximum atomic E-state index is 11.9. The molecule has 0 radical (unpaired) electrons. The average Bonchev–Trinajstić information content (AvgIpc) is 2.56. The van der Waals surface area contributed by atoms with Gasteiger partial charge >= 0.3 is 11.8 Å². The van der Waals surface area contributed by atoms with Crippen molar-refractivity contribution in [2.45, 2.75) is 6.42 Å². The predicted octanol–water partition coefficient (Wildman–Crippen LogP) is 3.30. The minimum Gasteiger partial charge on any atom is -0.495 e. The van der Waals surface area contributed by atoms with Gasteiger partial charge in [-0.3, -0.25) is 9.59 Å². The van der Waals surface area contributed by atoms with Crippen molar-refractivity contribution in [3.05, 3.63) is 58.1 Å². The maximum absolute atomic E-state index is 11.9. The molecule has 2 aromatic carbocycles. The number of ether oxygens (including phenoxy) is 1. The molecule has 0 bridgehead atoms. The van der Waals surface area contributed by atoms with Gasteiger partial charge in [0.2, 0.25) is 0 Å². The number of anilines is 1. The second-order valence-corrected chi connectivity index (χ2v) is 5.80. The Morgan fingerprint density at radius 1 is 1.00 bits per heavy atom. The molecule has 2 aromatic rings. The number of nitrogens with one attached hydrogen (secondary N) is 2. The van der Waals surface area contributed by atoms with Gasteiger partial charge in [0.25, 0.3) is 0 Å². The standard InChI is InChI=1S/C17H16Cl2N2O3/c1-24-15-7-6-13(19)10-14(15)21-17(23)16(22)20-9-8-11-2-4-12(18)5-3-11/h2-7,10H,8-9H2,1H3,(H,20,22)(H,21,23). The molecule has 0 aromatic heterocycles. The Bertz CT molecular complexity index is 733. The van der Waals surface area contributed by atoms with Crippen LogP contribution in [-0.2, 0) is 16.0 Å². The Labute approximate surface area is 149 Å². The predicted molar refractivity (Wildman–Crippen MR) is 94.8 cm³/mol. The summed E-state index contributed by atoms with van der Waals surface area (Å²) in [6, 6.07) is 12.0. The van der Waals surface area contributed by atoms with Crippen molar-refractivity contribution in [3.8, 4) is 5.75 Å². The molecule has 0 aliphatic heterocycles. The molecule has 126 valence electrons. The third kappa shape index (κ3) is 5.15. The van der Waals surface area contributed by atoms with Crippen LogP contribution in [0.15, 0.2) is 42.5 Å². The van der Waals surface area contributed by atoms with Crippen molar-refractivity contribution >= 4 is 40.7 Å². The van der Waals surface area contributed by atoms with E-state index in [1.54, 1.807) is 24.3 Å². The van der Waals surface area contributed by atoms with Crippen LogP contribution < -0.4 is 15.4 Å². The van der Waals surface area contributed by atoms with E-state index in [0.29, 0.717) is 34.4 Å². The van der Waals surface area contributed by atoms with E-state index in [4.69, 9.17) is 27.9 Å². The summed E-state index contributed by atoms with van der Waals surface area (Å²) < 4.78 is 5.11. The number of hydrogen-bond acceptors (Lipinski definition) is 3. The van der Waals surface area contributed by atoms with Gasteiger partial charge in [-0.2, -0.15) is 0 Å². The van der Waals surface area contributed by atoms with E-state index in [-0.39, 0.29) is 0 Å². The van der Waals surface area contributed by atoms with E-state index in [9.17, 15) is 9.59 Å². The van der Waals surface area contributed by atoms with Crippen LogP contribution in [0.25, 0.3) is 0 Å². The number of carbonyl (C=O) groups is 2. The maximum Gasteiger partial charge on any atom is 0.313 e. The number of rotatable bonds is 5. The van der Waals surface area contributed by atoms with Crippen molar-refractivity contribution in [2.75, 3.05) is 19.0 Å². The Balaban J connectivity index is 1.87. The minimum atomic E-state index is -0.785. The van der Waals surface area contributed by atoms with E-state index in [1.807, 2.05) is 12.1 Å². The number of hydrogen-bond donors (Lipinski definition) is 2. The van der Waals surface area contributed by atoms with Gasteiger partial charge in [0.05, 0.1) is 12.8 Å². The van der Waals surface area contributed by atoms with Crippen molar-refractivity contribution < 1.29 is 14.3 Å². The molecule has 0 unspecified atom stereocenters. The lowest BCUT2D eigenvalue weighted by Crippen LogP contribution is -2.36. The zero-order valence-electron chi connectivity index (χ0n) is 12.9. The third-order valence-electron chi connectivity index (χ3n) is 3.23. The van der Waals surface area contributed by atoms with Gasteiger partial charge < -0.3 is 15.4 Å². The largest absolute Gasteiger partial charge is 0.495 e. The molecule has 2 N–H and O–H groups in total. The lowest BCUT2D eigenvalue weighted by atomic mass is 10.1. The lowest BCUT2D eigenvalue weighted by molar-refractivity contribution is -0.136. The van der Waals surface area contributed by atoms with Gasteiger partial charge in [-0.1, -0.05) is 35.3 Å². The zero-order valence-corrected chi connectivity index (χ0v) is 14.4. The molecule has 0 aliphatic rings. The highest BCUT2D eigenvalue weighted by molar-refractivity contribution is 6.40. The van der Waals surface area contributed by atoms with Crippen LogP contribution in [0.3, 0.4) is 0 Å². The van der Waals surface area contributed by atoms with Gasteiger partial charge in [-0.15, -0.1) is 0 Å². The van der Waals surface area contributed by atoms with Crippen LogP contribution in [0.1, 0.15) is 5.56 Å². The quantitative estimate of drug-likeness (QED) is 0.797. The molecule has 0 fully saturated rings. The highest BCUT2D eigenvalue weighted by Gasteiger charge is 2.15. The molecule has 0 saturated carbocycles. The Morgan fingerprint density at radius 2 is 1.67 bits per heavy atom. The first kappa shape index (κ1) is 18.1. The van der Waals surface area contributed by atoms with Crippen molar-refractivity contribution in [2.24, 2.45) is 0 Å². The fourth-order valence-corrected chi connectivity index (χ4v) is 2.31. The number of halogens is 2. The fraction of sp³-hybridized carbons (Fsp3) is 0.176. The van der Waals surface area contributed by atoms with E-state index in [0.717, 1.165) is 5.56 Å². The molecule has 5 nitrogen and oxygen atoms in total. The Hall–Kier alpha value is -2.24. The molecule has 2 amide bonds. The molecule has 0 spiro atoms. The second-order valence-electron chi connectivity index (χ2n) is 4.93. The summed E-state index contributed by atoms with van der Waals surface area (Å²) in [5, 5.41) is 6.12.